The normalized spacial score (nSPS) is 17.0. The summed E-state index contributed by atoms with van der Waals surface area (Å²) in [6, 6.07) is 5.23. The number of H-pyrrole nitrogens is 1. The van der Waals surface area contributed by atoms with Gasteiger partial charge in [0.15, 0.2) is 0 Å². The van der Waals surface area contributed by atoms with Crippen LogP contribution in [0.5, 0.6) is 11.5 Å². The van der Waals surface area contributed by atoms with Crippen LogP contribution in [0.2, 0.25) is 0 Å². The number of nitrogens with zero attached hydrogens (tertiary/aromatic N) is 2. The van der Waals surface area contributed by atoms with Gasteiger partial charge in [-0.25, -0.2) is 4.98 Å². The number of methoxy groups -OCH3 is 2. The number of piperidine rings is 1. The van der Waals surface area contributed by atoms with Gasteiger partial charge in [-0.3, -0.25) is 9.69 Å². The first-order valence-electron chi connectivity index (χ1n) is 10.9. The molecule has 7 heteroatoms. The minimum Gasteiger partial charge on any atom is -0.497 e. The molecule has 2 aromatic rings. The number of aromatic nitrogens is 2. The molecule has 1 saturated heterocycles. The Labute approximate surface area is 179 Å². The zero-order valence-electron chi connectivity index (χ0n) is 18.4. The number of imidazole rings is 1. The van der Waals surface area contributed by atoms with Crippen molar-refractivity contribution in [2.24, 2.45) is 5.92 Å². The molecule has 0 saturated carbocycles. The van der Waals surface area contributed by atoms with E-state index in [-0.39, 0.29) is 5.91 Å². The fourth-order valence-electron chi connectivity index (χ4n) is 3.94. The van der Waals surface area contributed by atoms with Crippen LogP contribution in [0.1, 0.15) is 54.5 Å². The topological polar surface area (TPSA) is 79.5 Å². The molecule has 1 atom stereocenters. The van der Waals surface area contributed by atoms with Gasteiger partial charge in [0, 0.05) is 49.6 Å². The number of unbranched alkanes of at least 4 members (excludes halogenated alkanes) is 1. The van der Waals surface area contributed by atoms with Gasteiger partial charge in [0.25, 0.3) is 5.91 Å². The lowest BCUT2D eigenvalue weighted by Crippen LogP contribution is -2.40. The summed E-state index contributed by atoms with van der Waals surface area (Å²) in [4.78, 5) is 23.0. The maximum Gasteiger partial charge on any atom is 0.251 e. The predicted octanol–water partition coefficient (Wildman–Crippen LogP) is 3.41. The highest BCUT2D eigenvalue weighted by Gasteiger charge is 2.21. The van der Waals surface area contributed by atoms with Gasteiger partial charge >= 0.3 is 0 Å². The van der Waals surface area contributed by atoms with Crippen LogP contribution in [0.4, 0.5) is 0 Å². The van der Waals surface area contributed by atoms with Crippen LogP contribution in [0.25, 0.3) is 0 Å². The summed E-state index contributed by atoms with van der Waals surface area (Å²) in [5.41, 5.74) is 1.73. The number of benzene rings is 1. The van der Waals surface area contributed by atoms with Crippen molar-refractivity contribution in [3.8, 4) is 11.5 Å². The third-order valence-electron chi connectivity index (χ3n) is 5.61. The Morgan fingerprint density at radius 3 is 2.73 bits per heavy atom. The highest BCUT2D eigenvalue weighted by molar-refractivity contribution is 5.95. The Morgan fingerprint density at radius 2 is 2.03 bits per heavy atom. The minimum atomic E-state index is -0.0987. The number of likely N-dealkylation sites (tertiary alicyclic amines) is 1. The number of carbonyl (C=O) groups excluding carboxylic acids is 1. The number of amides is 1. The van der Waals surface area contributed by atoms with Gasteiger partial charge in [0.1, 0.15) is 17.3 Å². The number of rotatable bonds is 10. The fourth-order valence-corrected chi connectivity index (χ4v) is 3.94. The summed E-state index contributed by atoms with van der Waals surface area (Å²) in [5, 5.41) is 3.09. The van der Waals surface area contributed by atoms with Gasteiger partial charge in [-0.15, -0.1) is 0 Å². The average molecular weight is 415 g/mol. The number of aryl methyl sites for hydroxylation is 1. The first-order chi connectivity index (χ1) is 14.6. The standard InChI is InChI=1S/C23H34N4O3/c1-4-5-8-22-24-14-19(26-22)16-27-9-6-7-17(15-27)13-25-23(28)18-10-20(29-2)12-21(11-18)30-3/h10-12,14,17H,4-9,13,15-16H2,1-3H3,(H,24,26)(H,25,28)/t17-/m0/s1. The molecule has 2 N–H and O–H groups in total. The van der Waals surface area contributed by atoms with E-state index in [1.54, 1.807) is 32.4 Å². The molecule has 0 aliphatic carbocycles. The summed E-state index contributed by atoms with van der Waals surface area (Å²) in [6.07, 6.45) is 7.59. The largest absolute Gasteiger partial charge is 0.497 e. The van der Waals surface area contributed by atoms with Gasteiger partial charge in [-0.05, 0) is 43.9 Å². The Morgan fingerprint density at radius 1 is 1.27 bits per heavy atom. The van der Waals surface area contributed by atoms with Gasteiger partial charge in [-0.1, -0.05) is 13.3 Å². The molecule has 1 aliphatic heterocycles. The van der Waals surface area contributed by atoms with Crippen LogP contribution in [-0.2, 0) is 13.0 Å². The second-order valence-electron chi connectivity index (χ2n) is 8.01. The Kier molecular flexibility index (Phi) is 8.13. The van der Waals surface area contributed by atoms with E-state index in [9.17, 15) is 4.79 Å². The summed E-state index contributed by atoms with van der Waals surface area (Å²) >= 11 is 0. The molecule has 0 spiro atoms. The molecule has 0 unspecified atom stereocenters. The number of ether oxygens (including phenoxy) is 2. The summed E-state index contributed by atoms with van der Waals surface area (Å²) in [5.74, 6) is 2.65. The van der Waals surface area contributed by atoms with Crippen molar-refractivity contribution in [2.75, 3.05) is 33.9 Å². The number of hydrogen-bond donors (Lipinski definition) is 2. The first kappa shape index (κ1) is 22.2. The smallest absolute Gasteiger partial charge is 0.251 e. The molecule has 0 bridgehead atoms. The maximum absolute atomic E-state index is 12.6. The van der Waals surface area contributed by atoms with E-state index in [0.717, 1.165) is 51.1 Å². The zero-order valence-corrected chi connectivity index (χ0v) is 18.4. The monoisotopic (exact) mass is 414 g/mol. The minimum absolute atomic E-state index is 0.0987. The van der Waals surface area contributed by atoms with Crippen molar-refractivity contribution in [1.82, 2.24) is 20.2 Å². The molecule has 1 aromatic carbocycles. The summed E-state index contributed by atoms with van der Waals surface area (Å²) in [7, 11) is 3.17. The molecular weight excluding hydrogens is 380 g/mol. The van der Waals surface area contributed by atoms with Crippen LogP contribution < -0.4 is 14.8 Å². The molecule has 1 amide bonds. The zero-order chi connectivity index (χ0) is 21.3. The molecule has 7 nitrogen and oxygen atoms in total. The van der Waals surface area contributed by atoms with Crippen LogP contribution in [0.3, 0.4) is 0 Å². The van der Waals surface area contributed by atoms with Gasteiger partial charge < -0.3 is 19.8 Å². The van der Waals surface area contributed by atoms with Crippen molar-refractivity contribution >= 4 is 5.91 Å². The number of nitrogens with one attached hydrogen (secondary N) is 2. The highest BCUT2D eigenvalue weighted by atomic mass is 16.5. The second kappa shape index (κ2) is 11.0. The highest BCUT2D eigenvalue weighted by Crippen LogP contribution is 2.23. The first-order valence-corrected chi connectivity index (χ1v) is 10.9. The summed E-state index contributed by atoms with van der Waals surface area (Å²) < 4.78 is 10.5. The molecule has 0 radical (unpaired) electrons. The SMILES string of the molecule is CCCCc1ncc(CN2CCC[C@@H](CNC(=O)c3cc(OC)cc(OC)c3)C2)[nH]1. The molecule has 2 heterocycles. The lowest BCUT2D eigenvalue weighted by atomic mass is 9.97. The van der Waals surface area contributed by atoms with E-state index in [1.165, 1.54) is 12.1 Å². The van der Waals surface area contributed by atoms with Crippen molar-refractivity contribution in [1.29, 1.82) is 0 Å². The molecule has 30 heavy (non-hydrogen) atoms. The van der Waals surface area contributed by atoms with E-state index in [0.29, 0.717) is 29.5 Å². The average Bonchev–Trinajstić information content (AvgIpc) is 3.22. The van der Waals surface area contributed by atoms with Crippen LogP contribution in [0, 0.1) is 5.92 Å². The third kappa shape index (κ3) is 6.23. The van der Waals surface area contributed by atoms with E-state index < -0.39 is 0 Å². The van der Waals surface area contributed by atoms with Crippen molar-refractivity contribution in [3.05, 3.63) is 41.5 Å². The van der Waals surface area contributed by atoms with Crippen molar-refractivity contribution in [2.45, 2.75) is 45.6 Å². The Balaban J connectivity index is 1.50. The van der Waals surface area contributed by atoms with Crippen LogP contribution in [0.15, 0.2) is 24.4 Å². The van der Waals surface area contributed by atoms with E-state index in [2.05, 4.69) is 27.1 Å². The molecule has 1 aliphatic rings. The van der Waals surface area contributed by atoms with Crippen molar-refractivity contribution < 1.29 is 14.3 Å². The van der Waals surface area contributed by atoms with E-state index >= 15 is 0 Å². The van der Waals surface area contributed by atoms with E-state index in [1.807, 2.05) is 6.20 Å². The third-order valence-corrected chi connectivity index (χ3v) is 5.61. The molecule has 1 aromatic heterocycles. The fraction of sp³-hybridized carbons (Fsp3) is 0.565. The van der Waals surface area contributed by atoms with E-state index in [4.69, 9.17) is 9.47 Å². The Bertz CT molecular complexity index is 798. The molecule has 164 valence electrons. The van der Waals surface area contributed by atoms with Crippen LogP contribution in [-0.4, -0.2) is 54.6 Å². The number of carbonyl (C=O) groups is 1. The van der Waals surface area contributed by atoms with Gasteiger partial charge in [0.05, 0.1) is 14.2 Å². The number of hydrogen-bond acceptors (Lipinski definition) is 5. The van der Waals surface area contributed by atoms with Crippen molar-refractivity contribution in [3.63, 3.8) is 0 Å². The van der Waals surface area contributed by atoms with Gasteiger partial charge in [0.2, 0.25) is 0 Å². The lowest BCUT2D eigenvalue weighted by molar-refractivity contribution is 0.0929. The second-order valence-corrected chi connectivity index (χ2v) is 8.01. The Hall–Kier alpha value is -2.54. The predicted molar refractivity (Wildman–Crippen MR) is 117 cm³/mol. The quantitative estimate of drug-likeness (QED) is 0.623. The molecule has 3 rings (SSSR count). The lowest BCUT2D eigenvalue weighted by Gasteiger charge is -2.32. The molecular formula is C23H34N4O3. The summed E-state index contributed by atoms with van der Waals surface area (Å²) in [6.45, 7) is 5.81. The maximum atomic E-state index is 12.6. The number of aromatic amines is 1. The molecule has 1 fully saturated rings. The van der Waals surface area contributed by atoms with Crippen LogP contribution >= 0.6 is 0 Å². The van der Waals surface area contributed by atoms with Gasteiger partial charge in [-0.2, -0.15) is 0 Å².